The van der Waals surface area contributed by atoms with Crippen LogP contribution >= 0.6 is 0 Å². The topological polar surface area (TPSA) is 45.5 Å². The number of unbranched alkanes of at least 4 members (excludes halogenated alkanes) is 1. The number of methoxy groups -OCH3 is 1. The highest BCUT2D eigenvalue weighted by Crippen LogP contribution is 2.20. The van der Waals surface area contributed by atoms with E-state index in [0.717, 1.165) is 53.5 Å². The molecule has 0 aliphatic heterocycles. The standard InChI is InChI=1S/C26H28N2O3/c1-20-9-11-23(12-10-20)31-19-26-27-24-7-3-4-8-25(24)28(26)17-5-6-18-30-22-15-13-21(29-2)14-16-22/h3-4,7-16H,5-6,17-19H2,1-2H3. The van der Waals surface area contributed by atoms with Crippen molar-refractivity contribution in [2.45, 2.75) is 32.9 Å². The maximum absolute atomic E-state index is 6.00. The van der Waals surface area contributed by atoms with E-state index in [1.807, 2.05) is 48.5 Å². The van der Waals surface area contributed by atoms with Gasteiger partial charge in [-0.15, -0.1) is 0 Å². The van der Waals surface area contributed by atoms with Crippen LogP contribution in [0.5, 0.6) is 17.2 Å². The summed E-state index contributed by atoms with van der Waals surface area (Å²) in [7, 11) is 1.66. The van der Waals surface area contributed by atoms with Crippen molar-refractivity contribution in [3.63, 3.8) is 0 Å². The summed E-state index contributed by atoms with van der Waals surface area (Å²) < 4.78 is 19.3. The van der Waals surface area contributed by atoms with Gasteiger partial charge in [0, 0.05) is 6.54 Å². The van der Waals surface area contributed by atoms with E-state index in [-0.39, 0.29) is 0 Å². The van der Waals surface area contributed by atoms with Gasteiger partial charge in [0.2, 0.25) is 0 Å². The summed E-state index contributed by atoms with van der Waals surface area (Å²) in [6.45, 7) is 4.06. The lowest BCUT2D eigenvalue weighted by Gasteiger charge is -2.11. The van der Waals surface area contributed by atoms with Crippen molar-refractivity contribution >= 4 is 11.0 Å². The van der Waals surface area contributed by atoms with Crippen LogP contribution in [0.4, 0.5) is 0 Å². The van der Waals surface area contributed by atoms with Gasteiger partial charge in [0.05, 0.1) is 24.8 Å². The van der Waals surface area contributed by atoms with E-state index in [1.165, 1.54) is 5.56 Å². The number of nitrogens with zero attached hydrogens (tertiary/aromatic N) is 2. The first kappa shape index (κ1) is 20.8. The third kappa shape index (κ3) is 5.37. The molecular weight excluding hydrogens is 388 g/mol. The molecule has 4 aromatic rings. The number of rotatable bonds is 10. The van der Waals surface area contributed by atoms with E-state index in [2.05, 4.69) is 35.8 Å². The first-order valence-corrected chi connectivity index (χ1v) is 10.6. The number of para-hydroxylation sites is 2. The van der Waals surface area contributed by atoms with Gasteiger partial charge in [-0.3, -0.25) is 0 Å². The second kappa shape index (κ2) is 10.0. The van der Waals surface area contributed by atoms with Gasteiger partial charge in [0.15, 0.2) is 0 Å². The molecular formula is C26H28N2O3. The number of fused-ring (bicyclic) bond motifs is 1. The summed E-state index contributed by atoms with van der Waals surface area (Å²) in [6, 6.07) is 24.0. The number of imidazole rings is 1. The van der Waals surface area contributed by atoms with Gasteiger partial charge in [0.1, 0.15) is 29.7 Å². The summed E-state index contributed by atoms with van der Waals surface area (Å²) in [5.41, 5.74) is 3.36. The Morgan fingerprint density at radius 2 is 1.45 bits per heavy atom. The zero-order valence-electron chi connectivity index (χ0n) is 18.1. The minimum atomic E-state index is 0.445. The van der Waals surface area contributed by atoms with E-state index in [0.29, 0.717) is 13.2 Å². The van der Waals surface area contributed by atoms with Crippen LogP contribution < -0.4 is 14.2 Å². The van der Waals surface area contributed by atoms with Crippen LogP contribution in [0.1, 0.15) is 24.2 Å². The number of hydrogen-bond acceptors (Lipinski definition) is 4. The monoisotopic (exact) mass is 416 g/mol. The normalized spacial score (nSPS) is 10.9. The highest BCUT2D eigenvalue weighted by Gasteiger charge is 2.11. The molecule has 0 aliphatic rings. The molecule has 0 spiro atoms. The molecule has 160 valence electrons. The van der Waals surface area contributed by atoms with Gasteiger partial charge >= 0.3 is 0 Å². The van der Waals surface area contributed by atoms with E-state index in [4.69, 9.17) is 19.2 Å². The first-order chi connectivity index (χ1) is 15.2. The zero-order chi connectivity index (χ0) is 21.5. The first-order valence-electron chi connectivity index (χ1n) is 10.6. The summed E-state index contributed by atoms with van der Waals surface area (Å²) in [5.74, 6) is 3.50. The summed E-state index contributed by atoms with van der Waals surface area (Å²) >= 11 is 0. The minimum Gasteiger partial charge on any atom is -0.497 e. The maximum Gasteiger partial charge on any atom is 0.147 e. The van der Waals surface area contributed by atoms with Crippen LogP contribution in [0.3, 0.4) is 0 Å². The van der Waals surface area contributed by atoms with Gasteiger partial charge in [0.25, 0.3) is 0 Å². The van der Waals surface area contributed by atoms with Crippen molar-refractivity contribution in [3.8, 4) is 17.2 Å². The summed E-state index contributed by atoms with van der Waals surface area (Å²) in [4.78, 5) is 4.80. The number of hydrogen-bond donors (Lipinski definition) is 0. The quantitative estimate of drug-likeness (QED) is 0.307. The van der Waals surface area contributed by atoms with Gasteiger partial charge in [-0.25, -0.2) is 4.98 Å². The molecule has 0 unspecified atom stereocenters. The molecule has 0 radical (unpaired) electrons. The molecule has 5 heteroatoms. The Labute approximate surface area is 183 Å². The van der Waals surface area contributed by atoms with Gasteiger partial charge in [-0.1, -0.05) is 29.8 Å². The lowest BCUT2D eigenvalue weighted by molar-refractivity contribution is 0.285. The predicted molar refractivity (Wildman–Crippen MR) is 123 cm³/mol. The van der Waals surface area contributed by atoms with E-state index in [9.17, 15) is 0 Å². The van der Waals surface area contributed by atoms with Crippen LogP contribution in [-0.2, 0) is 13.2 Å². The average Bonchev–Trinajstić information content (AvgIpc) is 3.16. The smallest absolute Gasteiger partial charge is 0.147 e. The molecule has 0 saturated carbocycles. The van der Waals surface area contributed by atoms with Gasteiger partial charge in [-0.2, -0.15) is 0 Å². The third-order valence-electron chi connectivity index (χ3n) is 5.23. The highest BCUT2D eigenvalue weighted by molar-refractivity contribution is 5.75. The van der Waals surface area contributed by atoms with Crippen molar-refractivity contribution in [1.29, 1.82) is 0 Å². The average molecular weight is 417 g/mol. The molecule has 0 bridgehead atoms. The Balaban J connectivity index is 1.35. The molecule has 1 heterocycles. The van der Waals surface area contributed by atoms with Crippen LogP contribution in [0, 0.1) is 6.92 Å². The predicted octanol–water partition coefficient (Wildman–Crippen LogP) is 5.79. The molecule has 0 atom stereocenters. The Morgan fingerprint density at radius 1 is 0.774 bits per heavy atom. The molecule has 0 amide bonds. The molecule has 4 rings (SSSR count). The van der Waals surface area contributed by atoms with Crippen molar-refractivity contribution in [2.75, 3.05) is 13.7 Å². The van der Waals surface area contributed by atoms with Crippen LogP contribution in [0.15, 0.2) is 72.8 Å². The second-order valence-corrected chi connectivity index (χ2v) is 7.50. The highest BCUT2D eigenvalue weighted by atomic mass is 16.5. The Hall–Kier alpha value is -3.47. The molecule has 5 nitrogen and oxygen atoms in total. The van der Waals surface area contributed by atoms with E-state index in [1.54, 1.807) is 7.11 Å². The van der Waals surface area contributed by atoms with Crippen molar-refractivity contribution in [1.82, 2.24) is 9.55 Å². The molecule has 0 N–H and O–H groups in total. The largest absolute Gasteiger partial charge is 0.497 e. The zero-order valence-corrected chi connectivity index (χ0v) is 18.1. The lowest BCUT2D eigenvalue weighted by atomic mass is 10.2. The Kier molecular flexibility index (Phi) is 6.72. The Morgan fingerprint density at radius 3 is 2.23 bits per heavy atom. The maximum atomic E-state index is 6.00. The molecule has 3 aromatic carbocycles. The second-order valence-electron chi connectivity index (χ2n) is 7.50. The molecule has 0 fully saturated rings. The number of benzene rings is 3. The van der Waals surface area contributed by atoms with Crippen LogP contribution in [0.2, 0.25) is 0 Å². The third-order valence-corrected chi connectivity index (χ3v) is 5.23. The van der Waals surface area contributed by atoms with Crippen LogP contribution in [-0.4, -0.2) is 23.3 Å². The van der Waals surface area contributed by atoms with Crippen molar-refractivity contribution in [2.24, 2.45) is 0 Å². The molecule has 0 aliphatic carbocycles. The Bertz CT molecular complexity index is 1100. The molecule has 1 aromatic heterocycles. The fourth-order valence-corrected chi connectivity index (χ4v) is 3.50. The number of aryl methyl sites for hydroxylation is 2. The van der Waals surface area contributed by atoms with E-state index >= 15 is 0 Å². The molecule has 0 saturated heterocycles. The SMILES string of the molecule is COc1ccc(OCCCCn2c(COc3ccc(C)cc3)nc3ccccc32)cc1. The minimum absolute atomic E-state index is 0.445. The van der Waals surface area contributed by atoms with Crippen molar-refractivity contribution < 1.29 is 14.2 Å². The van der Waals surface area contributed by atoms with Gasteiger partial charge < -0.3 is 18.8 Å². The number of aromatic nitrogens is 2. The number of ether oxygens (including phenoxy) is 3. The summed E-state index contributed by atoms with van der Waals surface area (Å²) in [5, 5.41) is 0. The fraction of sp³-hybridized carbons (Fsp3) is 0.269. The van der Waals surface area contributed by atoms with Crippen molar-refractivity contribution in [3.05, 3.63) is 84.2 Å². The summed E-state index contributed by atoms with van der Waals surface area (Å²) in [6.07, 6.45) is 1.95. The van der Waals surface area contributed by atoms with E-state index < -0.39 is 0 Å². The van der Waals surface area contributed by atoms with Gasteiger partial charge in [-0.05, 0) is 68.3 Å². The van der Waals surface area contributed by atoms with Crippen LogP contribution in [0.25, 0.3) is 11.0 Å². The molecule has 31 heavy (non-hydrogen) atoms. The lowest BCUT2D eigenvalue weighted by Crippen LogP contribution is -2.09. The fourth-order valence-electron chi connectivity index (χ4n) is 3.50.